The van der Waals surface area contributed by atoms with Gasteiger partial charge >= 0.3 is 0 Å². The number of ether oxygens (including phenoxy) is 1. The van der Waals surface area contributed by atoms with E-state index in [1.165, 1.54) is 16.7 Å². The normalized spacial score (nSPS) is 11.1. The van der Waals surface area contributed by atoms with Crippen LogP contribution in [0.2, 0.25) is 0 Å². The molecule has 84 valence electrons. The first kappa shape index (κ1) is 12.2. The van der Waals surface area contributed by atoms with E-state index in [9.17, 15) is 0 Å². The van der Waals surface area contributed by atoms with Crippen LogP contribution < -0.4 is 0 Å². The fourth-order valence-corrected chi connectivity index (χ4v) is 1.63. The molecule has 0 aliphatic rings. The van der Waals surface area contributed by atoms with Crippen molar-refractivity contribution in [1.29, 1.82) is 0 Å². The summed E-state index contributed by atoms with van der Waals surface area (Å²) >= 11 is 0. The van der Waals surface area contributed by atoms with E-state index in [-0.39, 0.29) is 6.10 Å². The Hall–Kier alpha value is -0.890. The third-order valence-electron chi connectivity index (χ3n) is 2.89. The van der Waals surface area contributed by atoms with Crippen LogP contribution in [-0.4, -0.2) is 11.1 Å². The summed E-state index contributed by atoms with van der Waals surface area (Å²) in [4.78, 5) is 4.53. The minimum atomic E-state index is 0.269. The molecule has 0 fully saturated rings. The molecule has 1 rings (SSSR count). The standard InChI is InChI=1S/C13H21NO/c1-8(2)15-7-13-10(4)9(3)11(5)14-12(13)6/h8H,7H2,1-6H3. The van der Waals surface area contributed by atoms with E-state index in [0.717, 1.165) is 11.4 Å². The summed E-state index contributed by atoms with van der Waals surface area (Å²) in [7, 11) is 0. The lowest BCUT2D eigenvalue weighted by Gasteiger charge is -2.15. The number of aryl methyl sites for hydroxylation is 2. The molecule has 0 saturated carbocycles. The predicted molar refractivity (Wildman–Crippen MR) is 63.1 cm³/mol. The van der Waals surface area contributed by atoms with Crippen LogP contribution in [0.5, 0.6) is 0 Å². The highest BCUT2D eigenvalue weighted by Gasteiger charge is 2.09. The van der Waals surface area contributed by atoms with Crippen molar-refractivity contribution in [3.8, 4) is 0 Å². The molecule has 0 unspecified atom stereocenters. The Bertz CT molecular complexity index is 356. The largest absolute Gasteiger partial charge is 0.374 e. The van der Waals surface area contributed by atoms with Gasteiger partial charge < -0.3 is 4.74 Å². The molecule has 0 aromatic carbocycles. The molecule has 0 N–H and O–H groups in total. The smallest absolute Gasteiger partial charge is 0.0740 e. The SMILES string of the molecule is Cc1nc(C)c(COC(C)C)c(C)c1C. The second kappa shape index (κ2) is 4.75. The maximum Gasteiger partial charge on any atom is 0.0740 e. The van der Waals surface area contributed by atoms with Gasteiger partial charge in [-0.2, -0.15) is 0 Å². The monoisotopic (exact) mass is 207 g/mol. The van der Waals surface area contributed by atoms with Crippen molar-refractivity contribution in [3.05, 3.63) is 28.1 Å². The summed E-state index contributed by atoms with van der Waals surface area (Å²) < 4.78 is 5.64. The molecular formula is C13H21NO. The molecular weight excluding hydrogens is 186 g/mol. The summed E-state index contributed by atoms with van der Waals surface area (Å²) in [6, 6.07) is 0. The predicted octanol–water partition coefficient (Wildman–Crippen LogP) is 3.24. The highest BCUT2D eigenvalue weighted by molar-refractivity contribution is 5.37. The quantitative estimate of drug-likeness (QED) is 0.759. The average molecular weight is 207 g/mol. The number of hydrogen-bond donors (Lipinski definition) is 0. The number of aromatic nitrogens is 1. The first-order valence-corrected chi connectivity index (χ1v) is 5.48. The van der Waals surface area contributed by atoms with E-state index < -0.39 is 0 Å². The molecule has 0 aliphatic heterocycles. The maximum atomic E-state index is 5.64. The fourth-order valence-electron chi connectivity index (χ4n) is 1.63. The van der Waals surface area contributed by atoms with Crippen molar-refractivity contribution < 1.29 is 4.74 Å². The zero-order valence-electron chi connectivity index (χ0n) is 10.6. The van der Waals surface area contributed by atoms with Gasteiger partial charge in [0.15, 0.2) is 0 Å². The van der Waals surface area contributed by atoms with Gasteiger partial charge in [-0.15, -0.1) is 0 Å². The van der Waals surface area contributed by atoms with Gasteiger partial charge in [0.25, 0.3) is 0 Å². The Morgan fingerprint density at radius 2 is 1.60 bits per heavy atom. The Labute approximate surface area is 92.7 Å². The minimum absolute atomic E-state index is 0.269. The van der Waals surface area contributed by atoms with Crippen LogP contribution in [0.1, 0.15) is 41.9 Å². The van der Waals surface area contributed by atoms with Gasteiger partial charge in [0.1, 0.15) is 0 Å². The Morgan fingerprint density at radius 1 is 1.00 bits per heavy atom. The molecule has 1 aromatic rings. The van der Waals surface area contributed by atoms with Crippen molar-refractivity contribution in [2.24, 2.45) is 0 Å². The van der Waals surface area contributed by atoms with Gasteiger partial charge in [0.05, 0.1) is 12.7 Å². The van der Waals surface area contributed by atoms with E-state index >= 15 is 0 Å². The van der Waals surface area contributed by atoms with Gasteiger partial charge in [-0.1, -0.05) is 0 Å². The second-order valence-electron chi connectivity index (χ2n) is 4.37. The lowest BCUT2D eigenvalue weighted by atomic mass is 10.0. The van der Waals surface area contributed by atoms with E-state index in [1.807, 2.05) is 0 Å². The zero-order valence-corrected chi connectivity index (χ0v) is 10.6. The van der Waals surface area contributed by atoms with E-state index in [0.29, 0.717) is 6.61 Å². The Kier molecular flexibility index (Phi) is 3.86. The third-order valence-corrected chi connectivity index (χ3v) is 2.89. The molecule has 0 radical (unpaired) electrons. The van der Waals surface area contributed by atoms with Crippen LogP contribution in [-0.2, 0) is 11.3 Å². The maximum absolute atomic E-state index is 5.64. The first-order chi connectivity index (χ1) is 6.93. The fraction of sp³-hybridized carbons (Fsp3) is 0.615. The molecule has 0 amide bonds. The molecule has 1 heterocycles. The number of nitrogens with zero attached hydrogens (tertiary/aromatic N) is 1. The van der Waals surface area contributed by atoms with Crippen LogP contribution in [0, 0.1) is 27.7 Å². The molecule has 0 aliphatic carbocycles. The lowest BCUT2D eigenvalue weighted by molar-refractivity contribution is 0.0648. The Balaban J connectivity index is 3.02. The summed E-state index contributed by atoms with van der Waals surface area (Å²) in [5.74, 6) is 0. The molecule has 1 aromatic heterocycles. The lowest BCUT2D eigenvalue weighted by Crippen LogP contribution is -2.08. The van der Waals surface area contributed by atoms with Crippen LogP contribution in [0.25, 0.3) is 0 Å². The Morgan fingerprint density at radius 3 is 2.13 bits per heavy atom. The first-order valence-electron chi connectivity index (χ1n) is 5.48. The van der Waals surface area contributed by atoms with E-state index in [2.05, 4.69) is 46.5 Å². The summed E-state index contributed by atoms with van der Waals surface area (Å²) in [6.45, 7) is 13.2. The number of hydrogen-bond acceptors (Lipinski definition) is 2. The molecule has 0 saturated heterocycles. The van der Waals surface area contributed by atoms with Gasteiger partial charge in [0, 0.05) is 17.0 Å². The molecule has 0 spiro atoms. The van der Waals surface area contributed by atoms with Crippen LogP contribution in [0.15, 0.2) is 0 Å². The van der Waals surface area contributed by atoms with Crippen LogP contribution in [0.4, 0.5) is 0 Å². The second-order valence-corrected chi connectivity index (χ2v) is 4.37. The summed E-state index contributed by atoms with van der Waals surface area (Å²) in [6.07, 6.45) is 0.269. The van der Waals surface area contributed by atoms with Crippen LogP contribution in [0.3, 0.4) is 0 Å². The summed E-state index contributed by atoms with van der Waals surface area (Å²) in [5.41, 5.74) is 6.06. The molecule has 2 nitrogen and oxygen atoms in total. The number of pyridine rings is 1. The van der Waals surface area contributed by atoms with Gasteiger partial charge in [-0.05, 0) is 52.7 Å². The number of rotatable bonds is 3. The molecule has 2 heteroatoms. The zero-order chi connectivity index (χ0) is 11.6. The van der Waals surface area contributed by atoms with Gasteiger partial charge in [0.2, 0.25) is 0 Å². The van der Waals surface area contributed by atoms with Gasteiger partial charge in [-0.3, -0.25) is 4.98 Å². The molecule has 15 heavy (non-hydrogen) atoms. The molecule has 0 atom stereocenters. The van der Waals surface area contributed by atoms with Crippen LogP contribution >= 0.6 is 0 Å². The van der Waals surface area contributed by atoms with E-state index in [4.69, 9.17) is 4.74 Å². The van der Waals surface area contributed by atoms with Crippen molar-refractivity contribution in [2.45, 2.75) is 54.3 Å². The van der Waals surface area contributed by atoms with Crippen molar-refractivity contribution in [3.63, 3.8) is 0 Å². The van der Waals surface area contributed by atoms with E-state index in [1.54, 1.807) is 0 Å². The highest BCUT2D eigenvalue weighted by Crippen LogP contribution is 2.19. The van der Waals surface area contributed by atoms with Crippen molar-refractivity contribution in [2.75, 3.05) is 0 Å². The van der Waals surface area contributed by atoms with Crippen molar-refractivity contribution >= 4 is 0 Å². The summed E-state index contributed by atoms with van der Waals surface area (Å²) in [5, 5.41) is 0. The third kappa shape index (κ3) is 2.78. The van der Waals surface area contributed by atoms with Gasteiger partial charge in [-0.25, -0.2) is 0 Å². The highest BCUT2D eigenvalue weighted by atomic mass is 16.5. The minimum Gasteiger partial charge on any atom is -0.374 e. The molecule has 0 bridgehead atoms. The average Bonchev–Trinajstić information content (AvgIpc) is 2.14. The van der Waals surface area contributed by atoms with Crippen molar-refractivity contribution in [1.82, 2.24) is 4.98 Å². The topological polar surface area (TPSA) is 22.1 Å².